The third kappa shape index (κ3) is 3.79. The van der Waals surface area contributed by atoms with E-state index in [1.54, 1.807) is 0 Å². The summed E-state index contributed by atoms with van der Waals surface area (Å²) in [5.74, 6) is -0.840. The lowest BCUT2D eigenvalue weighted by molar-refractivity contribution is 0.557. The molecule has 0 radical (unpaired) electrons. The Balaban J connectivity index is 2.18. The van der Waals surface area contributed by atoms with Gasteiger partial charge in [0.25, 0.3) is 0 Å². The van der Waals surface area contributed by atoms with Crippen molar-refractivity contribution in [3.63, 3.8) is 0 Å². The first kappa shape index (κ1) is 15.9. The molecule has 0 saturated heterocycles. The van der Waals surface area contributed by atoms with Crippen molar-refractivity contribution in [2.75, 3.05) is 19.6 Å². The van der Waals surface area contributed by atoms with Crippen LogP contribution in [0.4, 0.5) is 4.39 Å². The molecule has 1 aromatic carbocycles. The number of sulfonamides is 1. The maximum absolute atomic E-state index is 13.8. The highest BCUT2D eigenvalue weighted by molar-refractivity contribution is 9.10. The smallest absolute Gasteiger partial charge is 0.243 e. The highest BCUT2D eigenvalue weighted by Gasteiger charge is 2.21. The second kappa shape index (κ2) is 6.53. The van der Waals surface area contributed by atoms with Gasteiger partial charge in [0, 0.05) is 17.6 Å². The summed E-state index contributed by atoms with van der Waals surface area (Å²) in [5, 5.41) is 3.28. The van der Waals surface area contributed by atoms with E-state index in [1.807, 2.05) is 6.08 Å². The Labute approximate surface area is 130 Å². The van der Waals surface area contributed by atoms with Gasteiger partial charge >= 0.3 is 0 Å². The minimum Gasteiger partial charge on any atom is -0.313 e. The summed E-state index contributed by atoms with van der Waals surface area (Å²) >= 11 is 8.86. The third-order valence-electron chi connectivity index (χ3n) is 2.91. The second-order valence-corrected chi connectivity index (χ2v) is 7.33. The standard InChI is InChI=1S/C12H13BrClFN2O2S/c13-9-5-11(15)12(6-10(9)14)20(18,19)17-7-8-1-3-16-4-2-8/h1,5-6,16-17H,2-4,7H2. The second-order valence-electron chi connectivity index (χ2n) is 4.34. The normalized spacial score (nSPS) is 16.1. The summed E-state index contributed by atoms with van der Waals surface area (Å²) in [7, 11) is -3.92. The molecule has 110 valence electrons. The Morgan fingerprint density at radius 1 is 1.45 bits per heavy atom. The van der Waals surface area contributed by atoms with Crippen LogP contribution in [0.3, 0.4) is 0 Å². The summed E-state index contributed by atoms with van der Waals surface area (Å²) in [6.07, 6.45) is 2.70. The van der Waals surface area contributed by atoms with Crippen LogP contribution in [-0.2, 0) is 10.0 Å². The van der Waals surface area contributed by atoms with Crippen LogP contribution in [0.5, 0.6) is 0 Å². The van der Waals surface area contributed by atoms with Crippen LogP contribution in [0, 0.1) is 5.82 Å². The zero-order valence-corrected chi connectivity index (χ0v) is 13.6. The van der Waals surface area contributed by atoms with E-state index in [9.17, 15) is 12.8 Å². The molecule has 1 aliphatic rings. The molecular formula is C12H13BrClFN2O2S. The fourth-order valence-electron chi connectivity index (χ4n) is 1.81. The fourth-order valence-corrected chi connectivity index (χ4v) is 3.47. The lowest BCUT2D eigenvalue weighted by atomic mass is 10.1. The Bertz CT molecular complexity index is 649. The molecule has 0 amide bonds. The van der Waals surface area contributed by atoms with E-state index in [0.717, 1.165) is 37.2 Å². The van der Waals surface area contributed by atoms with Crippen molar-refractivity contribution in [1.82, 2.24) is 10.0 Å². The van der Waals surface area contributed by atoms with Gasteiger partial charge in [-0.3, -0.25) is 0 Å². The zero-order valence-electron chi connectivity index (χ0n) is 10.4. The first-order valence-corrected chi connectivity index (χ1v) is 8.58. The van der Waals surface area contributed by atoms with Gasteiger partial charge in [-0.05, 0) is 41.0 Å². The van der Waals surface area contributed by atoms with Crippen molar-refractivity contribution in [3.8, 4) is 0 Å². The number of hydrogen-bond donors (Lipinski definition) is 2. The highest BCUT2D eigenvalue weighted by Crippen LogP contribution is 2.28. The zero-order chi connectivity index (χ0) is 14.8. The molecule has 8 heteroatoms. The predicted octanol–water partition coefficient (Wildman–Crippen LogP) is 2.44. The lowest BCUT2D eigenvalue weighted by Crippen LogP contribution is -2.30. The van der Waals surface area contributed by atoms with Crippen LogP contribution in [0.15, 0.2) is 33.2 Å². The van der Waals surface area contributed by atoms with Crippen LogP contribution < -0.4 is 10.0 Å². The van der Waals surface area contributed by atoms with Crippen molar-refractivity contribution < 1.29 is 12.8 Å². The largest absolute Gasteiger partial charge is 0.313 e. The van der Waals surface area contributed by atoms with Crippen LogP contribution in [0.1, 0.15) is 6.42 Å². The average molecular weight is 384 g/mol. The Kier molecular flexibility index (Phi) is 5.19. The van der Waals surface area contributed by atoms with Crippen molar-refractivity contribution >= 4 is 37.6 Å². The molecular weight excluding hydrogens is 371 g/mol. The van der Waals surface area contributed by atoms with E-state index < -0.39 is 20.7 Å². The van der Waals surface area contributed by atoms with Gasteiger partial charge in [-0.1, -0.05) is 23.3 Å². The first-order chi connectivity index (χ1) is 9.40. The molecule has 20 heavy (non-hydrogen) atoms. The van der Waals surface area contributed by atoms with Crippen LogP contribution in [0.2, 0.25) is 5.02 Å². The van der Waals surface area contributed by atoms with Crippen molar-refractivity contribution in [2.24, 2.45) is 0 Å². The number of hydrogen-bond acceptors (Lipinski definition) is 3. The molecule has 0 aromatic heterocycles. The quantitative estimate of drug-likeness (QED) is 0.620. The van der Waals surface area contributed by atoms with Crippen LogP contribution >= 0.6 is 27.5 Å². The Morgan fingerprint density at radius 3 is 2.85 bits per heavy atom. The molecule has 4 nitrogen and oxygen atoms in total. The highest BCUT2D eigenvalue weighted by atomic mass is 79.9. The molecule has 1 heterocycles. The third-order valence-corrected chi connectivity index (χ3v) is 5.52. The Hall–Kier alpha value is -0.470. The first-order valence-electron chi connectivity index (χ1n) is 5.93. The number of benzene rings is 1. The minimum absolute atomic E-state index is 0.146. The van der Waals surface area contributed by atoms with E-state index in [1.165, 1.54) is 0 Å². The number of nitrogens with one attached hydrogen (secondary N) is 2. The van der Waals surface area contributed by atoms with Gasteiger partial charge in [0.05, 0.1) is 5.02 Å². The van der Waals surface area contributed by atoms with Crippen molar-refractivity contribution in [3.05, 3.63) is 39.1 Å². The number of rotatable bonds is 4. The maximum atomic E-state index is 13.8. The van der Waals surface area contributed by atoms with Crippen molar-refractivity contribution in [1.29, 1.82) is 0 Å². The van der Waals surface area contributed by atoms with Gasteiger partial charge in [0.1, 0.15) is 10.7 Å². The van der Waals surface area contributed by atoms with Gasteiger partial charge in [-0.15, -0.1) is 0 Å². The van der Waals surface area contributed by atoms with E-state index in [0.29, 0.717) is 4.47 Å². The van der Waals surface area contributed by atoms with Crippen LogP contribution in [-0.4, -0.2) is 28.1 Å². The monoisotopic (exact) mass is 382 g/mol. The van der Waals surface area contributed by atoms with E-state index in [4.69, 9.17) is 11.6 Å². The molecule has 0 bridgehead atoms. The molecule has 0 fully saturated rings. The summed E-state index contributed by atoms with van der Waals surface area (Å²) in [6.45, 7) is 1.71. The summed E-state index contributed by atoms with van der Waals surface area (Å²) < 4.78 is 40.7. The maximum Gasteiger partial charge on any atom is 0.243 e. The molecule has 0 spiro atoms. The topological polar surface area (TPSA) is 58.2 Å². The summed E-state index contributed by atoms with van der Waals surface area (Å²) in [5.41, 5.74) is 0.982. The minimum atomic E-state index is -3.92. The molecule has 1 aliphatic heterocycles. The molecule has 0 aliphatic carbocycles. The van der Waals surface area contributed by atoms with Crippen LogP contribution in [0.25, 0.3) is 0 Å². The average Bonchev–Trinajstić information content (AvgIpc) is 2.42. The molecule has 0 atom stereocenters. The summed E-state index contributed by atoms with van der Waals surface area (Å²) in [4.78, 5) is -0.444. The molecule has 2 N–H and O–H groups in total. The molecule has 1 aromatic rings. The lowest BCUT2D eigenvalue weighted by Gasteiger charge is -2.15. The van der Waals surface area contributed by atoms with Gasteiger partial charge in [0.15, 0.2) is 0 Å². The molecule has 0 unspecified atom stereocenters. The van der Waals surface area contributed by atoms with Gasteiger partial charge in [0.2, 0.25) is 10.0 Å². The van der Waals surface area contributed by atoms with Gasteiger partial charge < -0.3 is 5.32 Å². The fraction of sp³-hybridized carbons (Fsp3) is 0.333. The van der Waals surface area contributed by atoms with E-state index in [2.05, 4.69) is 26.0 Å². The summed E-state index contributed by atoms with van der Waals surface area (Å²) in [6, 6.07) is 2.14. The molecule has 0 saturated carbocycles. The predicted molar refractivity (Wildman–Crippen MR) is 79.9 cm³/mol. The van der Waals surface area contributed by atoms with Gasteiger partial charge in [-0.25, -0.2) is 17.5 Å². The van der Waals surface area contributed by atoms with E-state index in [-0.39, 0.29) is 11.6 Å². The van der Waals surface area contributed by atoms with Gasteiger partial charge in [-0.2, -0.15) is 0 Å². The van der Waals surface area contributed by atoms with Crippen molar-refractivity contribution in [2.45, 2.75) is 11.3 Å². The molecule has 2 rings (SSSR count). The van der Waals surface area contributed by atoms with E-state index >= 15 is 0 Å². The number of halogens is 3. The SMILES string of the molecule is O=S(=O)(NCC1=CCNCC1)c1cc(Cl)c(Br)cc1F. The Morgan fingerprint density at radius 2 is 2.20 bits per heavy atom.